The quantitative estimate of drug-likeness (QED) is 0.405. The maximum absolute atomic E-state index is 11.6. The highest BCUT2D eigenvalue weighted by Crippen LogP contribution is 2.32. The number of unbranched alkanes of at least 4 members (excludes halogenated alkanes) is 1. The molecular formula is C24H31Cl2N3O2. The lowest BCUT2D eigenvalue weighted by atomic mass is 10.0. The van der Waals surface area contributed by atoms with Crippen LogP contribution in [0.1, 0.15) is 32.6 Å². The van der Waals surface area contributed by atoms with Gasteiger partial charge in [0.05, 0.1) is 28.1 Å². The molecule has 0 saturated carbocycles. The Hall–Kier alpha value is -1.95. The van der Waals surface area contributed by atoms with E-state index in [1.54, 1.807) is 6.08 Å². The monoisotopic (exact) mass is 463 g/mol. The van der Waals surface area contributed by atoms with Crippen LogP contribution < -0.4 is 10.2 Å². The molecule has 0 spiro atoms. The van der Waals surface area contributed by atoms with Gasteiger partial charge >= 0.3 is 0 Å². The minimum Gasteiger partial charge on any atom is -0.498 e. The van der Waals surface area contributed by atoms with Crippen molar-refractivity contribution in [3.63, 3.8) is 0 Å². The Morgan fingerprint density at radius 3 is 2.71 bits per heavy atom. The highest BCUT2D eigenvalue weighted by molar-refractivity contribution is 6.43. The second kappa shape index (κ2) is 11.6. The van der Waals surface area contributed by atoms with Crippen LogP contribution in [0.25, 0.3) is 0 Å². The minimum absolute atomic E-state index is 0.0439. The van der Waals surface area contributed by atoms with Crippen molar-refractivity contribution in [1.82, 2.24) is 10.2 Å². The first kappa shape index (κ1) is 23.7. The van der Waals surface area contributed by atoms with E-state index in [0.717, 1.165) is 74.7 Å². The summed E-state index contributed by atoms with van der Waals surface area (Å²) in [6.45, 7) is 11.4. The molecule has 2 aliphatic heterocycles. The smallest absolute Gasteiger partial charge is 0.224 e. The minimum atomic E-state index is 0.0439. The highest BCUT2D eigenvalue weighted by Gasteiger charge is 2.19. The number of hydrogen-bond acceptors (Lipinski definition) is 4. The molecule has 0 aliphatic carbocycles. The van der Waals surface area contributed by atoms with Crippen LogP contribution in [-0.4, -0.2) is 50.1 Å². The van der Waals surface area contributed by atoms with Crippen LogP contribution in [0.2, 0.25) is 10.0 Å². The molecule has 1 aromatic carbocycles. The predicted octanol–water partition coefficient (Wildman–Crippen LogP) is 5.17. The fourth-order valence-corrected chi connectivity index (χ4v) is 4.30. The van der Waals surface area contributed by atoms with Gasteiger partial charge in [0.25, 0.3) is 0 Å². The molecule has 0 bridgehead atoms. The zero-order valence-electron chi connectivity index (χ0n) is 18.1. The molecule has 1 aromatic rings. The van der Waals surface area contributed by atoms with Crippen molar-refractivity contribution >= 4 is 34.8 Å². The van der Waals surface area contributed by atoms with Crippen LogP contribution >= 0.6 is 23.2 Å². The molecule has 3 rings (SSSR count). The second-order valence-electron chi connectivity index (χ2n) is 7.90. The molecule has 0 radical (unpaired) electrons. The number of nitrogens with zero attached hydrogens (tertiary/aromatic N) is 2. The van der Waals surface area contributed by atoms with Gasteiger partial charge in [-0.15, -0.1) is 0 Å². The summed E-state index contributed by atoms with van der Waals surface area (Å²) in [7, 11) is 0. The van der Waals surface area contributed by atoms with Crippen LogP contribution in [0.15, 0.2) is 54.0 Å². The van der Waals surface area contributed by atoms with Crippen LogP contribution in [0.5, 0.6) is 0 Å². The normalized spacial score (nSPS) is 18.2. The number of piperazine rings is 1. The van der Waals surface area contributed by atoms with Crippen LogP contribution in [-0.2, 0) is 9.53 Å². The van der Waals surface area contributed by atoms with E-state index in [1.165, 1.54) is 0 Å². The third kappa shape index (κ3) is 6.76. The van der Waals surface area contributed by atoms with E-state index in [-0.39, 0.29) is 5.91 Å². The summed E-state index contributed by atoms with van der Waals surface area (Å²) >= 11 is 12.5. The standard InChI is InChI=1S/C24H31Cl2N3O2/c1-3-19-9-10-23(30)27-21(19)17-18(2)31-16-5-4-11-28-12-14-29(15-13-28)22-8-6-7-20(25)24(22)26/h3,6-8,17H,1,4-5,9-16H2,2H3,(H,27,30)/b18-17+. The first-order chi connectivity index (χ1) is 15.0. The number of carbonyl (C=O) groups is 1. The first-order valence-corrected chi connectivity index (χ1v) is 11.6. The lowest BCUT2D eigenvalue weighted by molar-refractivity contribution is -0.120. The fourth-order valence-electron chi connectivity index (χ4n) is 3.88. The van der Waals surface area contributed by atoms with Gasteiger partial charge in [-0.2, -0.15) is 0 Å². The Balaban J connectivity index is 1.35. The fraction of sp³-hybridized carbons (Fsp3) is 0.458. The number of halogens is 2. The Morgan fingerprint density at radius 2 is 1.97 bits per heavy atom. The molecular weight excluding hydrogens is 433 g/mol. The van der Waals surface area contributed by atoms with Gasteiger partial charge in [-0.05, 0) is 56.5 Å². The van der Waals surface area contributed by atoms with Gasteiger partial charge < -0.3 is 15.0 Å². The van der Waals surface area contributed by atoms with Crippen molar-refractivity contribution in [2.24, 2.45) is 0 Å². The second-order valence-corrected chi connectivity index (χ2v) is 8.69. The molecule has 0 unspecified atom stereocenters. The molecule has 0 atom stereocenters. The van der Waals surface area contributed by atoms with E-state index < -0.39 is 0 Å². The first-order valence-electron chi connectivity index (χ1n) is 10.9. The van der Waals surface area contributed by atoms with Crippen molar-refractivity contribution in [3.05, 3.63) is 64.0 Å². The molecule has 7 heteroatoms. The van der Waals surface area contributed by atoms with E-state index in [1.807, 2.05) is 31.2 Å². The number of hydrogen-bond donors (Lipinski definition) is 1. The van der Waals surface area contributed by atoms with Gasteiger partial charge in [0, 0.05) is 38.3 Å². The number of nitrogens with one attached hydrogen (secondary N) is 1. The number of benzene rings is 1. The van der Waals surface area contributed by atoms with Crippen LogP contribution in [0.3, 0.4) is 0 Å². The average molecular weight is 464 g/mol. The summed E-state index contributed by atoms with van der Waals surface area (Å²) in [6.07, 6.45) is 7.02. The summed E-state index contributed by atoms with van der Waals surface area (Å²) < 4.78 is 5.85. The zero-order chi connectivity index (χ0) is 22.2. The molecule has 1 N–H and O–H groups in total. The predicted molar refractivity (Wildman–Crippen MR) is 129 cm³/mol. The molecule has 1 saturated heterocycles. The third-order valence-electron chi connectivity index (χ3n) is 5.68. The molecule has 1 amide bonds. The number of rotatable bonds is 9. The largest absolute Gasteiger partial charge is 0.498 e. The summed E-state index contributed by atoms with van der Waals surface area (Å²) in [5.74, 6) is 0.853. The van der Waals surface area contributed by atoms with Crippen molar-refractivity contribution < 1.29 is 9.53 Å². The Labute approximate surface area is 195 Å². The summed E-state index contributed by atoms with van der Waals surface area (Å²) in [4.78, 5) is 16.4. The number of ether oxygens (including phenoxy) is 1. The highest BCUT2D eigenvalue weighted by atomic mass is 35.5. The van der Waals surface area contributed by atoms with Gasteiger partial charge in [-0.1, -0.05) is 41.9 Å². The molecule has 1 fully saturated rings. The zero-order valence-corrected chi connectivity index (χ0v) is 19.6. The summed E-state index contributed by atoms with van der Waals surface area (Å²) in [5.41, 5.74) is 2.88. The van der Waals surface area contributed by atoms with Crippen molar-refractivity contribution in [3.8, 4) is 0 Å². The van der Waals surface area contributed by atoms with E-state index in [0.29, 0.717) is 23.1 Å². The molecule has 0 aromatic heterocycles. The number of allylic oxidation sites excluding steroid dienone is 4. The van der Waals surface area contributed by atoms with Gasteiger partial charge in [0.1, 0.15) is 0 Å². The SMILES string of the molecule is C=CC1=C(/C=C(\C)OCCCCN2CCN(c3cccc(Cl)c3Cl)CC2)NC(=O)CC1. The average Bonchev–Trinajstić information content (AvgIpc) is 2.76. The van der Waals surface area contributed by atoms with Crippen LogP contribution in [0.4, 0.5) is 5.69 Å². The maximum atomic E-state index is 11.6. The third-order valence-corrected chi connectivity index (χ3v) is 6.49. The van der Waals surface area contributed by atoms with E-state index in [9.17, 15) is 4.79 Å². The van der Waals surface area contributed by atoms with Gasteiger partial charge in [-0.25, -0.2) is 0 Å². The number of amides is 1. The molecule has 2 aliphatic rings. The summed E-state index contributed by atoms with van der Waals surface area (Å²) in [6, 6.07) is 5.80. The lowest BCUT2D eigenvalue weighted by Crippen LogP contribution is -2.46. The Kier molecular flexibility index (Phi) is 8.88. The van der Waals surface area contributed by atoms with Crippen molar-refractivity contribution in [2.75, 3.05) is 44.2 Å². The van der Waals surface area contributed by atoms with E-state index in [4.69, 9.17) is 27.9 Å². The number of carbonyl (C=O) groups excluding carboxylic acids is 1. The lowest BCUT2D eigenvalue weighted by Gasteiger charge is -2.36. The maximum Gasteiger partial charge on any atom is 0.224 e. The van der Waals surface area contributed by atoms with Crippen molar-refractivity contribution in [2.45, 2.75) is 32.6 Å². The molecule has 168 valence electrons. The molecule has 31 heavy (non-hydrogen) atoms. The Bertz CT molecular complexity index is 858. The van der Waals surface area contributed by atoms with Crippen molar-refractivity contribution in [1.29, 1.82) is 0 Å². The summed E-state index contributed by atoms with van der Waals surface area (Å²) in [5, 5.41) is 4.15. The van der Waals surface area contributed by atoms with E-state index in [2.05, 4.69) is 21.7 Å². The van der Waals surface area contributed by atoms with Gasteiger partial charge in [0.2, 0.25) is 5.91 Å². The van der Waals surface area contributed by atoms with Crippen LogP contribution in [0, 0.1) is 0 Å². The number of anilines is 1. The topological polar surface area (TPSA) is 44.8 Å². The molecule has 2 heterocycles. The Morgan fingerprint density at radius 1 is 1.19 bits per heavy atom. The van der Waals surface area contributed by atoms with Gasteiger partial charge in [-0.3, -0.25) is 9.69 Å². The van der Waals surface area contributed by atoms with E-state index >= 15 is 0 Å². The molecule has 5 nitrogen and oxygen atoms in total. The van der Waals surface area contributed by atoms with Gasteiger partial charge in [0.15, 0.2) is 0 Å².